The summed E-state index contributed by atoms with van der Waals surface area (Å²) in [5.74, 6) is -3.65. The Balaban J connectivity index is 0.000000529. The molecule has 0 unspecified atom stereocenters. The molecule has 8 nitrogen and oxygen atoms in total. The minimum Gasteiger partial charge on any atom is -0.473 e. The van der Waals surface area contributed by atoms with Gasteiger partial charge in [0.15, 0.2) is 0 Å². The Bertz CT molecular complexity index is 716. The number of carboxylic acid groups (broad SMARTS) is 2. The highest BCUT2D eigenvalue weighted by Gasteiger charge is 2.16. The number of nitrogens with one attached hydrogen (secondary N) is 1. The van der Waals surface area contributed by atoms with E-state index in [9.17, 15) is 0 Å². The number of aliphatic carboxylic acids is 2. The maximum atomic E-state index is 9.10. The first-order chi connectivity index (χ1) is 13.5. The van der Waals surface area contributed by atoms with E-state index in [4.69, 9.17) is 19.8 Å². The summed E-state index contributed by atoms with van der Waals surface area (Å²) in [5, 5.41) is 18.3. The molecule has 0 radical (unpaired) electrons. The summed E-state index contributed by atoms with van der Waals surface area (Å²) in [7, 11) is 0. The van der Waals surface area contributed by atoms with Crippen molar-refractivity contribution in [2.45, 2.75) is 13.0 Å². The number of carbonyl (C=O) groups is 2. The summed E-state index contributed by atoms with van der Waals surface area (Å²) in [6.07, 6.45) is 1.26. The van der Waals surface area contributed by atoms with Gasteiger partial charge in [-0.1, -0.05) is 48.5 Å². The van der Waals surface area contributed by atoms with Crippen LogP contribution in [0.5, 0.6) is 0 Å². The van der Waals surface area contributed by atoms with Crippen LogP contribution in [0.4, 0.5) is 5.69 Å². The van der Waals surface area contributed by atoms with Gasteiger partial charge in [0.2, 0.25) is 0 Å². The smallest absolute Gasteiger partial charge is 0.414 e. The highest BCUT2D eigenvalue weighted by Crippen LogP contribution is 2.11. The number of hydrogen-bond acceptors (Lipinski definition) is 5. The summed E-state index contributed by atoms with van der Waals surface area (Å²) in [6.45, 7) is 6.65. The molecule has 5 N–H and O–H groups in total. The second kappa shape index (κ2) is 13.3. The second-order valence-electron chi connectivity index (χ2n) is 6.55. The number of anilines is 1. The molecule has 2 aromatic carbocycles. The van der Waals surface area contributed by atoms with Crippen molar-refractivity contribution in [3.05, 3.63) is 66.2 Å². The van der Waals surface area contributed by atoms with E-state index in [2.05, 4.69) is 75.8 Å². The van der Waals surface area contributed by atoms with Gasteiger partial charge in [-0.3, -0.25) is 9.80 Å². The second-order valence-corrected chi connectivity index (χ2v) is 6.55. The van der Waals surface area contributed by atoms with Gasteiger partial charge in [0, 0.05) is 38.4 Å². The summed E-state index contributed by atoms with van der Waals surface area (Å²) in [6, 6.07) is 21.2. The highest BCUT2D eigenvalue weighted by molar-refractivity contribution is 6.27. The van der Waals surface area contributed by atoms with E-state index in [0.29, 0.717) is 0 Å². The van der Waals surface area contributed by atoms with Crippen LogP contribution in [-0.4, -0.2) is 70.3 Å². The normalized spacial score (nSPS) is 14.1. The van der Waals surface area contributed by atoms with Gasteiger partial charge < -0.3 is 21.0 Å². The van der Waals surface area contributed by atoms with Crippen molar-refractivity contribution < 1.29 is 25.3 Å². The van der Waals surface area contributed by atoms with Gasteiger partial charge in [-0.15, -0.1) is 0 Å². The first kappa shape index (κ1) is 24.1. The van der Waals surface area contributed by atoms with Crippen LogP contribution in [0.2, 0.25) is 0 Å². The standard InChI is InChI=1S/C19H25N3.C2H2O4.H2O/c1-3-8-18(9-4-1)16-22-14-7-13-21(17-22)15-12-20-19-10-5-2-6-11-19;3-1(4)2(5)6;/h1-6,8-11,20H,7,12-17H2;(H,3,4)(H,5,6);1H2. The predicted octanol–water partition coefficient (Wildman–Crippen LogP) is 1.59. The highest BCUT2D eigenvalue weighted by atomic mass is 16.4. The number of carboxylic acids is 2. The molecular formula is C21H29N3O5. The Kier molecular flexibility index (Phi) is 11.0. The molecule has 158 valence electrons. The average Bonchev–Trinajstić information content (AvgIpc) is 2.70. The number of rotatable bonds is 6. The molecule has 1 fully saturated rings. The van der Waals surface area contributed by atoms with Gasteiger partial charge in [-0.2, -0.15) is 0 Å². The molecule has 0 atom stereocenters. The third-order valence-electron chi connectivity index (χ3n) is 4.31. The first-order valence-corrected chi connectivity index (χ1v) is 9.28. The summed E-state index contributed by atoms with van der Waals surface area (Å²) in [5.41, 5.74) is 2.62. The Morgan fingerprint density at radius 2 is 1.41 bits per heavy atom. The van der Waals surface area contributed by atoms with E-state index in [1.54, 1.807) is 0 Å². The van der Waals surface area contributed by atoms with E-state index in [1.807, 2.05) is 0 Å². The number of nitrogens with zero attached hydrogens (tertiary/aromatic N) is 2. The molecule has 8 heteroatoms. The minimum atomic E-state index is -1.82. The van der Waals surface area contributed by atoms with Crippen molar-refractivity contribution in [1.82, 2.24) is 9.80 Å². The van der Waals surface area contributed by atoms with Gasteiger partial charge in [-0.05, 0) is 24.1 Å². The van der Waals surface area contributed by atoms with Crippen molar-refractivity contribution in [3.63, 3.8) is 0 Å². The predicted molar refractivity (Wildman–Crippen MR) is 112 cm³/mol. The SMILES string of the molecule is O.O=C(O)C(=O)O.c1ccc(CN2CCCN(CCNc3ccccc3)C2)cc1. The van der Waals surface area contributed by atoms with Crippen LogP contribution >= 0.6 is 0 Å². The molecule has 0 bridgehead atoms. The zero-order valence-electron chi connectivity index (χ0n) is 16.3. The zero-order valence-corrected chi connectivity index (χ0v) is 16.3. The van der Waals surface area contributed by atoms with Crippen LogP contribution in [0.15, 0.2) is 60.7 Å². The molecule has 0 aromatic heterocycles. The Morgan fingerprint density at radius 1 is 0.862 bits per heavy atom. The lowest BCUT2D eigenvalue weighted by molar-refractivity contribution is -0.159. The lowest BCUT2D eigenvalue weighted by atomic mass is 10.2. The van der Waals surface area contributed by atoms with Crippen LogP contribution in [0, 0.1) is 0 Å². The van der Waals surface area contributed by atoms with Gasteiger partial charge in [0.1, 0.15) is 0 Å². The Hall–Kier alpha value is -2.94. The molecule has 0 amide bonds. The van der Waals surface area contributed by atoms with Gasteiger partial charge in [0.25, 0.3) is 0 Å². The van der Waals surface area contributed by atoms with Crippen LogP contribution in [0.1, 0.15) is 12.0 Å². The maximum Gasteiger partial charge on any atom is 0.414 e. The van der Waals surface area contributed by atoms with Crippen molar-refractivity contribution in [3.8, 4) is 0 Å². The van der Waals surface area contributed by atoms with Gasteiger partial charge >= 0.3 is 11.9 Å². The number of benzene rings is 2. The molecule has 1 aliphatic heterocycles. The molecule has 3 rings (SSSR count). The molecule has 1 aliphatic rings. The molecule has 0 saturated carbocycles. The van der Waals surface area contributed by atoms with E-state index in [0.717, 1.165) is 26.3 Å². The fourth-order valence-electron chi connectivity index (χ4n) is 3.01. The van der Waals surface area contributed by atoms with Crippen LogP contribution in [0.25, 0.3) is 0 Å². The first-order valence-electron chi connectivity index (χ1n) is 9.28. The molecular weight excluding hydrogens is 374 g/mol. The molecule has 1 saturated heterocycles. The van der Waals surface area contributed by atoms with Crippen LogP contribution in [-0.2, 0) is 16.1 Å². The van der Waals surface area contributed by atoms with E-state index in [1.165, 1.54) is 30.8 Å². The lowest BCUT2D eigenvalue weighted by Crippen LogP contribution is -2.45. The van der Waals surface area contributed by atoms with E-state index >= 15 is 0 Å². The summed E-state index contributed by atoms with van der Waals surface area (Å²) in [4.78, 5) is 23.3. The topological polar surface area (TPSA) is 125 Å². The fraction of sp³-hybridized carbons (Fsp3) is 0.333. The number of hydrogen-bond donors (Lipinski definition) is 3. The van der Waals surface area contributed by atoms with Crippen LogP contribution < -0.4 is 5.32 Å². The number of para-hydroxylation sites is 1. The molecule has 29 heavy (non-hydrogen) atoms. The largest absolute Gasteiger partial charge is 0.473 e. The minimum absolute atomic E-state index is 0. The van der Waals surface area contributed by atoms with Crippen molar-refractivity contribution in [2.24, 2.45) is 0 Å². The molecule has 0 spiro atoms. The molecule has 1 heterocycles. The van der Waals surface area contributed by atoms with Gasteiger partial charge in [0.05, 0.1) is 6.67 Å². The van der Waals surface area contributed by atoms with Crippen molar-refractivity contribution in [1.29, 1.82) is 0 Å². The van der Waals surface area contributed by atoms with E-state index < -0.39 is 11.9 Å². The third-order valence-corrected chi connectivity index (χ3v) is 4.31. The van der Waals surface area contributed by atoms with Crippen molar-refractivity contribution >= 4 is 17.6 Å². The Labute approximate surface area is 170 Å². The van der Waals surface area contributed by atoms with E-state index in [-0.39, 0.29) is 5.48 Å². The van der Waals surface area contributed by atoms with Crippen LogP contribution in [0.3, 0.4) is 0 Å². The monoisotopic (exact) mass is 403 g/mol. The quantitative estimate of drug-likeness (QED) is 0.626. The molecule has 0 aliphatic carbocycles. The third kappa shape index (κ3) is 9.70. The summed E-state index contributed by atoms with van der Waals surface area (Å²) >= 11 is 0. The average molecular weight is 403 g/mol. The zero-order chi connectivity index (χ0) is 20.2. The van der Waals surface area contributed by atoms with Gasteiger partial charge in [-0.25, -0.2) is 9.59 Å². The lowest BCUT2D eigenvalue weighted by Gasteiger charge is -2.35. The summed E-state index contributed by atoms with van der Waals surface area (Å²) < 4.78 is 0. The fourth-order valence-corrected chi connectivity index (χ4v) is 3.01. The van der Waals surface area contributed by atoms with Crippen molar-refractivity contribution in [2.75, 3.05) is 38.2 Å². The Morgan fingerprint density at radius 3 is 2.00 bits per heavy atom. The molecule has 2 aromatic rings. The maximum absolute atomic E-state index is 9.10.